The zero-order chi connectivity index (χ0) is 17.4. The van der Waals surface area contributed by atoms with Crippen LogP contribution in [0.25, 0.3) is 0 Å². The molecule has 1 N–H and O–H groups in total. The van der Waals surface area contributed by atoms with E-state index in [0.717, 1.165) is 42.0 Å². The van der Waals surface area contributed by atoms with E-state index in [9.17, 15) is 9.18 Å². The van der Waals surface area contributed by atoms with Gasteiger partial charge in [-0.25, -0.2) is 4.39 Å². The van der Waals surface area contributed by atoms with Crippen LogP contribution in [0.4, 0.5) is 10.2 Å². The van der Waals surface area contributed by atoms with Gasteiger partial charge in [0.25, 0.3) is 0 Å². The first-order valence-corrected chi connectivity index (χ1v) is 8.79. The van der Waals surface area contributed by atoms with Crippen LogP contribution in [0.5, 0.6) is 0 Å². The zero-order valence-electron chi connectivity index (χ0n) is 14.2. The van der Waals surface area contributed by atoms with E-state index in [1.165, 1.54) is 6.07 Å². The van der Waals surface area contributed by atoms with Crippen LogP contribution in [0.15, 0.2) is 30.3 Å². The summed E-state index contributed by atoms with van der Waals surface area (Å²) in [5.41, 5.74) is 2.97. The molecule has 0 saturated heterocycles. The van der Waals surface area contributed by atoms with Crippen molar-refractivity contribution >= 4 is 11.7 Å². The van der Waals surface area contributed by atoms with E-state index in [1.807, 2.05) is 24.0 Å². The number of benzene rings is 1. The van der Waals surface area contributed by atoms with Crippen LogP contribution in [0.2, 0.25) is 0 Å². The van der Waals surface area contributed by atoms with Crippen molar-refractivity contribution in [1.82, 2.24) is 15.1 Å². The molecular weight excluding hydrogens is 319 g/mol. The van der Waals surface area contributed by atoms with Crippen LogP contribution in [-0.4, -0.2) is 34.1 Å². The third kappa shape index (κ3) is 3.21. The fraction of sp³-hybridized carbons (Fsp3) is 0.421. The van der Waals surface area contributed by atoms with E-state index >= 15 is 0 Å². The second-order valence-corrected chi connectivity index (χ2v) is 6.75. The van der Waals surface area contributed by atoms with Crippen LogP contribution in [0.3, 0.4) is 0 Å². The molecule has 1 aromatic heterocycles. The molecule has 0 bridgehead atoms. The largest absolute Gasteiger partial charge is 0.369 e. The smallest absolute Gasteiger partial charge is 0.226 e. The van der Waals surface area contributed by atoms with E-state index in [0.29, 0.717) is 13.1 Å². The monoisotopic (exact) mass is 340 g/mol. The summed E-state index contributed by atoms with van der Waals surface area (Å²) in [5, 5.41) is 11.6. The number of hydrogen-bond acceptors (Lipinski definition) is 4. The molecule has 5 nitrogen and oxygen atoms in total. The Kier molecular flexibility index (Phi) is 4.11. The van der Waals surface area contributed by atoms with Crippen molar-refractivity contribution in [1.29, 1.82) is 0 Å². The van der Waals surface area contributed by atoms with Gasteiger partial charge in [0.05, 0.1) is 5.69 Å². The summed E-state index contributed by atoms with van der Waals surface area (Å²) in [6.07, 6.45) is 1.54. The highest BCUT2D eigenvalue weighted by Gasteiger charge is 2.46. The third-order valence-electron chi connectivity index (χ3n) is 4.99. The number of amides is 1. The quantitative estimate of drug-likeness (QED) is 0.930. The molecule has 0 radical (unpaired) electrons. The number of halogens is 1. The number of fused-ring (bicyclic) bond motifs is 1. The molecule has 1 aliphatic heterocycles. The molecule has 130 valence electrons. The number of hydrogen-bond donors (Lipinski definition) is 1. The van der Waals surface area contributed by atoms with Gasteiger partial charge in [-0.2, -0.15) is 5.10 Å². The highest BCUT2D eigenvalue weighted by Crippen LogP contribution is 2.48. The second-order valence-electron chi connectivity index (χ2n) is 6.75. The molecule has 0 unspecified atom stereocenters. The average molecular weight is 340 g/mol. The molecule has 1 amide bonds. The Hall–Kier alpha value is -2.50. The van der Waals surface area contributed by atoms with Crippen LogP contribution in [0.1, 0.15) is 36.1 Å². The van der Waals surface area contributed by atoms with Gasteiger partial charge in [0.1, 0.15) is 11.6 Å². The Morgan fingerprint density at radius 1 is 1.36 bits per heavy atom. The Morgan fingerprint density at radius 2 is 2.24 bits per heavy atom. The van der Waals surface area contributed by atoms with E-state index in [-0.39, 0.29) is 23.6 Å². The number of nitrogens with zero attached hydrogens (tertiary/aromatic N) is 3. The third-order valence-corrected chi connectivity index (χ3v) is 4.99. The Bertz CT molecular complexity index is 810. The Morgan fingerprint density at radius 3 is 3.04 bits per heavy atom. The molecule has 2 aliphatic rings. The molecule has 4 rings (SSSR count). The van der Waals surface area contributed by atoms with Gasteiger partial charge in [0.2, 0.25) is 5.91 Å². The minimum atomic E-state index is -0.239. The number of rotatable bonds is 4. The molecule has 1 aliphatic carbocycles. The number of carbonyl (C=O) groups excluding carboxylic acids is 1. The van der Waals surface area contributed by atoms with Crippen molar-refractivity contribution < 1.29 is 9.18 Å². The number of aromatic nitrogens is 2. The van der Waals surface area contributed by atoms with Crippen LogP contribution in [0, 0.1) is 11.7 Å². The van der Waals surface area contributed by atoms with Crippen LogP contribution < -0.4 is 5.32 Å². The molecule has 2 aromatic rings. The molecule has 2 atom stereocenters. The first-order chi connectivity index (χ1) is 12.2. The highest BCUT2D eigenvalue weighted by molar-refractivity contribution is 5.83. The fourth-order valence-electron chi connectivity index (χ4n) is 3.59. The molecule has 0 spiro atoms. The minimum Gasteiger partial charge on any atom is -0.369 e. The summed E-state index contributed by atoms with van der Waals surface area (Å²) < 4.78 is 13.4. The van der Waals surface area contributed by atoms with Crippen molar-refractivity contribution in [2.24, 2.45) is 5.92 Å². The second kappa shape index (κ2) is 6.43. The maximum atomic E-state index is 13.4. The highest BCUT2D eigenvalue weighted by atomic mass is 19.1. The lowest BCUT2D eigenvalue weighted by atomic mass is 10.0. The average Bonchev–Trinajstić information content (AvgIpc) is 3.41. The Balaban J connectivity index is 1.45. The standard InChI is InChI=1S/C19H21FN4O/c1-2-21-18-9-13-11-24(7-6-17(13)22-23-18)19(25)16-10-15(16)12-4-3-5-14(20)8-12/h3-5,8-9,15-16H,2,6-7,10-11H2,1H3,(H,21,23)/t15-,16+/m0/s1. The van der Waals surface area contributed by atoms with Crippen molar-refractivity contribution in [3.8, 4) is 0 Å². The normalized spacial score (nSPS) is 21.6. The van der Waals surface area contributed by atoms with Gasteiger partial charge in [-0.3, -0.25) is 4.79 Å². The first kappa shape index (κ1) is 16.0. The lowest BCUT2D eigenvalue weighted by Crippen LogP contribution is -2.37. The van der Waals surface area contributed by atoms with E-state index in [4.69, 9.17) is 0 Å². The van der Waals surface area contributed by atoms with Crippen LogP contribution in [-0.2, 0) is 17.8 Å². The molecule has 2 heterocycles. The van der Waals surface area contributed by atoms with Gasteiger partial charge in [0.15, 0.2) is 0 Å². The molecule has 25 heavy (non-hydrogen) atoms. The number of anilines is 1. The Labute approximate surface area is 146 Å². The predicted octanol–water partition coefficient (Wildman–Crippen LogP) is 2.74. The van der Waals surface area contributed by atoms with Crippen molar-refractivity contribution in [2.45, 2.75) is 32.2 Å². The minimum absolute atomic E-state index is 0.0219. The van der Waals surface area contributed by atoms with Gasteiger partial charge in [-0.05, 0) is 48.6 Å². The summed E-state index contributed by atoms with van der Waals surface area (Å²) >= 11 is 0. The van der Waals surface area contributed by atoms with Gasteiger partial charge in [-0.1, -0.05) is 12.1 Å². The number of carbonyl (C=O) groups is 1. The van der Waals surface area contributed by atoms with Gasteiger partial charge < -0.3 is 10.2 Å². The summed E-state index contributed by atoms with van der Waals surface area (Å²) in [6, 6.07) is 8.59. The van der Waals surface area contributed by atoms with Crippen molar-refractivity contribution in [3.05, 3.63) is 53.0 Å². The summed E-state index contributed by atoms with van der Waals surface area (Å²) in [6.45, 7) is 4.05. The predicted molar refractivity (Wildman–Crippen MR) is 92.6 cm³/mol. The lowest BCUT2D eigenvalue weighted by molar-refractivity contribution is -0.133. The van der Waals surface area contributed by atoms with Crippen LogP contribution >= 0.6 is 0 Å². The SMILES string of the molecule is CCNc1cc2c(nn1)CCN(C(=O)[C@@H]1C[C@H]1c1cccc(F)c1)C2. The van der Waals surface area contributed by atoms with E-state index < -0.39 is 0 Å². The summed E-state index contributed by atoms with van der Waals surface area (Å²) in [4.78, 5) is 14.7. The van der Waals surface area contributed by atoms with E-state index in [1.54, 1.807) is 12.1 Å². The van der Waals surface area contributed by atoms with Gasteiger partial charge in [0, 0.05) is 32.0 Å². The van der Waals surface area contributed by atoms with Gasteiger partial charge in [-0.15, -0.1) is 5.10 Å². The summed E-state index contributed by atoms with van der Waals surface area (Å²) in [5.74, 6) is 0.808. The maximum absolute atomic E-state index is 13.4. The molecule has 1 fully saturated rings. The van der Waals surface area contributed by atoms with Crippen molar-refractivity contribution in [2.75, 3.05) is 18.4 Å². The number of nitrogens with one attached hydrogen (secondary N) is 1. The summed E-state index contributed by atoms with van der Waals surface area (Å²) in [7, 11) is 0. The molecule has 1 saturated carbocycles. The van der Waals surface area contributed by atoms with Crippen molar-refractivity contribution in [3.63, 3.8) is 0 Å². The lowest BCUT2D eigenvalue weighted by Gasteiger charge is -2.28. The first-order valence-electron chi connectivity index (χ1n) is 8.79. The maximum Gasteiger partial charge on any atom is 0.226 e. The molecule has 6 heteroatoms. The zero-order valence-corrected chi connectivity index (χ0v) is 14.2. The molecular formula is C19H21FN4O. The fourth-order valence-corrected chi connectivity index (χ4v) is 3.59. The molecule has 1 aromatic carbocycles. The topological polar surface area (TPSA) is 58.1 Å². The van der Waals surface area contributed by atoms with Gasteiger partial charge >= 0.3 is 0 Å². The van der Waals surface area contributed by atoms with E-state index in [2.05, 4.69) is 15.5 Å².